The summed E-state index contributed by atoms with van der Waals surface area (Å²) in [6.07, 6.45) is 3.38. The Morgan fingerprint density at radius 1 is 1.12 bits per heavy atom. The van der Waals surface area contributed by atoms with Gasteiger partial charge in [0.05, 0.1) is 18.7 Å². The van der Waals surface area contributed by atoms with Gasteiger partial charge in [0.25, 0.3) is 0 Å². The first-order chi connectivity index (χ1) is 16.2. The van der Waals surface area contributed by atoms with Crippen LogP contribution >= 0.6 is 0 Å². The molecule has 1 aromatic heterocycles. The van der Waals surface area contributed by atoms with Crippen LogP contribution in [-0.2, 0) is 11.3 Å². The number of methoxy groups -OCH3 is 1. The Morgan fingerprint density at radius 3 is 2.82 bits per heavy atom. The molecule has 2 aliphatic rings. The average molecular weight is 447 g/mol. The highest BCUT2D eigenvalue weighted by Crippen LogP contribution is 2.32. The molecule has 0 radical (unpaired) electrons. The van der Waals surface area contributed by atoms with E-state index in [0.717, 1.165) is 59.3 Å². The standard InChI is InChI=1S/C25H26N4O4/c1-31-20-7-5-18(6-8-20)21-12-24(28-15-27-21)29-10-2-3-19(14-29)25(30)26-13-17-4-9-22-23(11-17)33-16-32-22/h4-9,11-12,15,19H,2-3,10,13-14,16H2,1H3,(H,26,30). The van der Waals surface area contributed by atoms with Gasteiger partial charge in [0, 0.05) is 31.3 Å². The number of rotatable bonds is 6. The van der Waals surface area contributed by atoms with E-state index in [1.807, 2.05) is 48.5 Å². The van der Waals surface area contributed by atoms with Gasteiger partial charge in [-0.05, 0) is 54.8 Å². The molecule has 1 saturated heterocycles. The SMILES string of the molecule is COc1ccc(-c2cc(N3CCCC(C(=O)NCc4ccc5c(c4)OCO5)C3)ncn2)cc1. The number of aromatic nitrogens is 2. The van der Waals surface area contributed by atoms with Gasteiger partial charge in [-0.25, -0.2) is 9.97 Å². The summed E-state index contributed by atoms with van der Waals surface area (Å²) < 4.78 is 16.0. The molecule has 3 heterocycles. The molecule has 2 aliphatic heterocycles. The van der Waals surface area contributed by atoms with Crippen molar-refractivity contribution in [3.63, 3.8) is 0 Å². The maximum atomic E-state index is 12.9. The van der Waals surface area contributed by atoms with E-state index in [1.165, 1.54) is 0 Å². The fraction of sp³-hybridized carbons (Fsp3) is 0.320. The number of carbonyl (C=O) groups excluding carboxylic acids is 1. The van der Waals surface area contributed by atoms with Gasteiger partial charge in [-0.3, -0.25) is 4.79 Å². The second-order valence-electron chi connectivity index (χ2n) is 8.18. The predicted molar refractivity (Wildman–Crippen MR) is 123 cm³/mol. The van der Waals surface area contributed by atoms with Crippen molar-refractivity contribution in [1.82, 2.24) is 15.3 Å². The molecule has 1 unspecified atom stereocenters. The van der Waals surface area contributed by atoms with Crippen molar-refractivity contribution in [3.8, 4) is 28.5 Å². The number of anilines is 1. The van der Waals surface area contributed by atoms with Gasteiger partial charge in [-0.1, -0.05) is 6.07 Å². The van der Waals surface area contributed by atoms with Gasteiger partial charge in [0.2, 0.25) is 12.7 Å². The zero-order valence-corrected chi connectivity index (χ0v) is 18.5. The summed E-state index contributed by atoms with van der Waals surface area (Å²) in [5.74, 6) is 3.07. The third-order valence-electron chi connectivity index (χ3n) is 6.06. The molecule has 0 saturated carbocycles. The number of fused-ring (bicyclic) bond motifs is 1. The number of piperidine rings is 1. The third kappa shape index (κ3) is 4.69. The van der Waals surface area contributed by atoms with Crippen LogP contribution in [0.15, 0.2) is 54.9 Å². The number of amides is 1. The Bertz CT molecular complexity index is 1140. The van der Waals surface area contributed by atoms with Gasteiger partial charge in [-0.2, -0.15) is 0 Å². The Kier molecular flexibility index (Phi) is 5.97. The third-order valence-corrected chi connectivity index (χ3v) is 6.06. The van der Waals surface area contributed by atoms with Crippen molar-refractivity contribution < 1.29 is 19.0 Å². The maximum absolute atomic E-state index is 12.9. The van der Waals surface area contributed by atoms with Crippen LogP contribution < -0.4 is 24.4 Å². The van der Waals surface area contributed by atoms with Gasteiger partial charge >= 0.3 is 0 Å². The fourth-order valence-electron chi connectivity index (χ4n) is 4.22. The molecule has 3 aromatic rings. The van der Waals surface area contributed by atoms with Crippen LogP contribution in [0.2, 0.25) is 0 Å². The highest BCUT2D eigenvalue weighted by molar-refractivity contribution is 5.79. The van der Waals surface area contributed by atoms with Crippen molar-refractivity contribution in [3.05, 3.63) is 60.4 Å². The smallest absolute Gasteiger partial charge is 0.231 e. The van der Waals surface area contributed by atoms with Crippen LogP contribution in [0.5, 0.6) is 17.2 Å². The molecule has 8 heteroatoms. The van der Waals surface area contributed by atoms with Crippen LogP contribution in [0.1, 0.15) is 18.4 Å². The zero-order valence-electron chi connectivity index (χ0n) is 18.5. The first-order valence-corrected chi connectivity index (χ1v) is 11.1. The molecule has 0 spiro atoms. The van der Waals surface area contributed by atoms with E-state index >= 15 is 0 Å². The number of ether oxygens (including phenoxy) is 3. The van der Waals surface area contributed by atoms with Crippen LogP contribution in [0, 0.1) is 5.92 Å². The predicted octanol–water partition coefficient (Wildman–Crippen LogP) is 3.41. The van der Waals surface area contributed by atoms with E-state index in [0.29, 0.717) is 13.1 Å². The van der Waals surface area contributed by atoms with Crippen molar-refractivity contribution in [1.29, 1.82) is 0 Å². The molecule has 1 atom stereocenters. The lowest BCUT2D eigenvalue weighted by atomic mass is 9.97. The molecule has 8 nitrogen and oxygen atoms in total. The lowest BCUT2D eigenvalue weighted by Gasteiger charge is -2.33. The minimum atomic E-state index is -0.0906. The number of hydrogen-bond acceptors (Lipinski definition) is 7. The number of nitrogens with zero attached hydrogens (tertiary/aromatic N) is 3. The van der Waals surface area contributed by atoms with Crippen molar-refractivity contribution in [2.75, 3.05) is 31.9 Å². The molecular formula is C25H26N4O4. The Hall–Kier alpha value is -3.81. The summed E-state index contributed by atoms with van der Waals surface area (Å²) in [6, 6.07) is 15.5. The Labute approximate surface area is 192 Å². The van der Waals surface area contributed by atoms with E-state index in [1.54, 1.807) is 13.4 Å². The second-order valence-corrected chi connectivity index (χ2v) is 8.18. The molecule has 5 rings (SSSR count). The number of hydrogen-bond donors (Lipinski definition) is 1. The molecule has 1 amide bonds. The fourth-order valence-corrected chi connectivity index (χ4v) is 4.22. The normalized spacial score (nSPS) is 17.0. The van der Waals surface area contributed by atoms with Crippen LogP contribution in [-0.4, -0.2) is 42.9 Å². The number of carbonyl (C=O) groups is 1. The Balaban J connectivity index is 1.22. The Morgan fingerprint density at radius 2 is 1.97 bits per heavy atom. The minimum Gasteiger partial charge on any atom is -0.497 e. The summed E-state index contributed by atoms with van der Waals surface area (Å²) >= 11 is 0. The largest absolute Gasteiger partial charge is 0.497 e. The first kappa shape index (κ1) is 21.1. The van der Waals surface area contributed by atoms with E-state index < -0.39 is 0 Å². The van der Waals surface area contributed by atoms with Crippen molar-refractivity contribution in [2.24, 2.45) is 5.92 Å². The average Bonchev–Trinajstić information content (AvgIpc) is 3.35. The molecule has 170 valence electrons. The summed E-state index contributed by atoms with van der Waals surface area (Å²) in [5.41, 5.74) is 2.83. The lowest BCUT2D eigenvalue weighted by Crippen LogP contribution is -2.43. The molecule has 0 aliphatic carbocycles. The zero-order chi connectivity index (χ0) is 22.6. The molecule has 1 N–H and O–H groups in total. The summed E-state index contributed by atoms with van der Waals surface area (Å²) in [6.45, 7) is 2.20. The lowest BCUT2D eigenvalue weighted by molar-refractivity contribution is -0.125. The molecule has 1 fully saturated rings. The van der Waals surface area contributed by atoms with Gasteiger partial charge < -0.3 is 24.4 Å². The summed E-state index contributed by atoms with van der Waals surface area (Å²) in [7, 11) is 1.65. The highest BCUT2D eigenvalue weighted by Gasteiger charge is 2.27. The van der Waals surface area contributed by atoms with Crippen LogP contribution in [0.25, 0.3) is 11.3 Å². The highest BCUT2D eigenvalue weighted by atomic mass is 16.7. The first-order valence-electron chi connectivity index (χ1n) is 11.1. The molecule has 0 bridgehead atoms. The van der Waals surface area contributed by atoms with Crippen molar-refractivity contribution in [2.45, 2.75) is 19.4 Å². The van der Waals surface area contributed by atoms with Crippen LogP contribution in [0.4, 0.5) is 5.82 Å². The van der Waals surface area contributed by atoms with Crippen LogP contribution in [0.3, 0.4) is 0 Å². The number of nitrogens with one attached hydrogen (secondary N) is 1. The van der Waals surface area contributed by atoms with Gasteiger partial charge in [0.1, 0.15) is 17.9 Å². The summed E-state index contributed by atoms with van der Waals surface area (Å²) in [5, 5.41) is 3.07. The monoisotopic (exact) mass is 446 g/mol. The van der Waals surface area contributed by atoms with E-state index in [-0.39, 0.29) is 18.6 Å². The van der Waals surface area contributed by atoms with Gasteiger partial charge in [-0.15, -0.1) is 0 Å². The molecular weight excluding hydrogens is 420 g/mol. The van der Waals surface area contributed by atoms with Gasteiger partial charge in [0.15, 0.2) is 11.5 Å². The molecule has 2 aromatic carbocycles. The quantitative estimate of drug-likeness (QED) is 0.621. The maximum Gasteiger partial charge on any atom is 0.231 e. The van der Waals surface area contributed by atoms with E-state index in [4.69, 9.17) is 14.2 Å². The van der Waals surface area contributed by atoms with E-state index in [2.05, 4.69) is 20.2 Å². The minimum absolute atomic E-state index is 0.0572. The van der Waals surface area contributed by atoms with E-state index in [9.17, 15) is 4.79 Å². The van der Waals surface area contributed by atoms with Crippen molar-refractivity contribution >= 4 is 11.7 Å². The summed E-state index contributed by atoms with van der Waals surface area (Å²) in [4.78, 5) is 24.0. The number of benzene rings is 2. The second kappa shape index (κ2) is 9.36. The topological polar surface area (TPSA) is 85.8 Å². The molecule has 33 heavy (non-hydrogen) atoms.